The van der Waals surface area contributed by atoms with E-state index in [-0.39, 0.29) is 11.9 Å². The summed E-state index contributed by atoms with van der Waals surface area (Å²) in [6.45, 7) is 3.40. The summed E-state index contributed by atoms with van der Waals surface area (Å²) < 4.78 is 28.2. The molecule has 9 heteroatoms. The molecule has 0 bridgehead atoms. The quantitative estimate of drug-likeness (QED) is 0.304. The van der Waals surface area contributed by atoms with Crippen LogP contribution in [0.5, 0.6) is 0 Å². The summed E-state index contributed by atoms with van der Waals surface area (Å²) in [6, 6.07) is 22.7. The van der Waals surface area contributed by atoms with Gasteiger partial charge in [0.25, 0.3) is 5.91 Å². The number of anilines is 1. The lowest BCUT2D eigenvalue weighted by atomic mass is 9.76. The van der Waals surface area contributed by atoms with Crippen LogP contribution in [0.3, 0.4) is 0 Å². The predicted octanol–water partition coefficient (Wildman–Crippen LogP) is 6.65. The SMILES string of the molecule is CCCCN(C)C(=O)c1ccc(N2CCC(NS(C)(=O)=O)(c3ccccc3)CC2c2ccc(Cl)c(Cl)c2)cc1. The molecule has 0 saturated carbocycles. The van der Waals surface area contributed by atoms with E-state index in [4.69, 9.17) is 23.2 Å². The van der Waals surface area contributed by atoms with E-state index in [0.29, 0.717) is 35.0 Å². The Bertz CT molecular complexity index is 1400. The Morgan fingerprint density at radius 1 is 1.05 bits per heavy atom. The summed E-state index contributed by atoms with van der Waals surface area (Å²) in [5, 5.41) is 0.901. The molecule has 1 aliphatic heterocycles. The van der Waals surface area contributed by atoms with Gasteiger partial charge in [0.15, 0.2) is 0 Å². The van der Waals surface area contributed by atoms with Crippen LogP contribution >= 0.6 is 23.2 Å². The van der Waals surface area contributed by atoms with Gasteiger partial charge in [0.1, 0.15) is 0 Å². The zero-order valence-corrected chi connectivity index (χ0v) is 24.9. The minimum absolute atomic E-state index is 0.00451. The number of rotatable bonds is 9. The first-order valence-electron chi connectivity index (χ1n) is 13.1. The van der Waals surface area contributed by atoms with Gasteiger partial charge in [-0.25, -0.2) is 13.1 Å². The zero-order chi connectivity index (χ0) is 28.2. The highest BCUT2D eigenvalue weighted by Gasteiger charge is 2.43. The van der Waals surface area contributed by atoms with Crippen molar-refractivity contribution < 1.29 is 13.2 Å². The third-order valence-electron chi connectivity index (χ3n) is 7.37. The molecule has 1 heterocycles. The van der Waals surface area contributed by atoms with E-state index in [0.717, 1.165) is 36.2 Å². The fraction of sp³-hybridized carbons (Fsp3) is 0.367. The first-order chi connectivity index (χ1) is 18.5. The van der Waals surface area contributed by atoms with Crippen molar-refractivity contribution in [3.63, 3.8) is 0 Å². The number of hydrogen-bond donors (Lipinski definition) is 1. The smallest absolute Gasteiger partial charge is 0.253 e. The first-order valence-corrected chi connectivity index (χ1v) is 15.8. The van der Waals surface area contributed by atoms with E-state index in [2.05, 4.69) is 16.5 Å². The van der Waals surface area contributed by atoms with Crippen molar-refractivity contribution in [3.8, 4) is 0 Å². The maximum atomic E-state index is 12.9. The lowest BCUT2D eigenvalue weighted by Crippen LogP contribution is -2.54. The van der Waals surface area contributed by atoms with E-state index in [1.807, 2.05) is 73.8 Å². The number of nitrogens with one attached hydrogen (secondary N) is 1. The maximum Gasteiger partial charge on any atom is 0.253 e. The van der Waals surface area contributed by atoms with Gasteiger partial charge in [0.2, 0.25) is 10.0 Å². The van der Waals surface area contributed by atoms with Crippen LogP contribution in [0, 0.1) is 0 Å². The van der Waals surface area contributed by atoms with Crippen LogP contribution in [0.15, 0.2) is 72.8 Å². The average Bonchev–Trinajstić information content (AvgIpc) is 2.92. The van der Waals surface area contributed by atoms with E-state index in [1.165, 1.54) is 6.26 Å². The van der Waals surface area contributed by atoms with E-state index in [9.17, 15) is 13.2 Å². The monoisotopic (exact) mass is 587 g/mol. The van der Waals surface area contributed by atoms with Gasteiger partial charge in [0.05, 0.1) is 27.9 Å². The number of hydrogen-bond acceptors (Lipinski definition) is 4. The van der Waals surface area contributed by atoms with Gasteiger partial charge in [-0.3, -0.25) is 4.79 Å². The second-order valence-corrected chi connectivity index (χ2v) is 12.8. The molecule has 1 N–H and O–H groups in total. The number of halogens is 2. The van der Waals surface area contributed by atoms with E-state index < -0.39 is 15.6 Å². The molecule has 208 valence electrons. The van der Waals surface area contributed by atoms with Crippen LogP contribution in [0.4, 0.5) is 5.69 Å². The number of carbonyl (C=O) groups is 1. The van der Waals surface area contributed by atoms with Crippen molar-refractivity contribution in [1.82, 2.24) is 9.62 Å². The van der Waals surface area contributed by atoms with E-state index >= 15 is 0 Å². The van der Waals surface area contributed by atoms with Crippen LogP contribution < -0.4 is 9.62 Å². The number of carbonyl (C=O) groups excluding carboxylic acids is 1. The van der Waals surface area contributed by atoms with Crippen molar-refractivity contribution in [2.24, 2.45) is 0 Å². The van der Waals surface area contributed by atoms with E-state index in [1.54, 1.807) is 11.0 Å². The fourth-order valence-electron chi connectivity index (χ4n) is 5.37. The molecule has 2 unspecified atom stereocenters. The molecule has 1 amide bonds. The van der Waals surface area contributed by atoms with Crippen molar-refractivity contribution in [3.05, 3.63) is 99.5 Å². The lowest BCUT2D eigenvalue weighted by Gasteiger charge is -2.48. The average molecular weight is 589 g/mol. The second kappa shape index (κ2) is 12.3. The second-order valence-electron chi connectivity index (χ2n) is 10.3. The van der Waals surface area contributed by atoms with Crippen LogP contribution in [0.2, 0.25) is 10.0 Å². The topological polar surface area (TPSA) is 69.7 Å². The third kappa shape index (κ3) is 6.95. The minimum atomic E-state index is -3.52. The number of amides is 1. The summed E-state index contributed by atoms with van der Waals surface area (Å²) in [4.78, 5) is 16.9. The lowest BCUT2D eigenvalue weighted by molar-refractivity contribution is 0.0793. The highest BCUT2D eigenvalue weighted by molar-refractivity contribution is 7.88. The van der Waals surface area contributed by atoms with Crippen molar-refractivity contribution in [2.45, 2.75) is 44.2 Å². The molecule has 1 fully saturated rings. The number of unbranched alkanes of at least 4 members (excludes halogenated alkanes) is 1. The summed E-state index contributed by atoms with van der Waals surface area (Å²) in [7, 11) is -1.69. The molecule has 0 radical (unpaired) electrons. The van der Waals surface area contributed by atoms with Gasteiger partial charge >= 0.3 is 0 Å². The molecule has 3 aromatic rings. The molecular formula is C30H35Cl2N3O3S. The number of benzene rings is 3. The van der Waals surface area contributed by atoms with Crippen LogP contribution in [-0.2, 0) is 15.6 Å². The zero-order valence-electron chi connectivity index (χ0n) is 22.5. The largest absolute Gasteiger partial charge is 0.364 e. The van der Waals surface area contributed by atoms with Gasteiger partial charge < -0.3 is 9.80 Å². The normalized spacial score (nSPS) is 19.6. The van der Waals surface area contributed by atoms with Crippen molar-refractivity contribution >= 4 is 44.8 Å². The Kier molecular flexibility index (Phi) is 9.27. The molecule has 1 saturated heterocycles. The Labute approximate surface area is 242 Å². The Morgan fingerprint density at radius 2 is 1.74 bits per heavy atom. The molecule has 0 aromatic heterocycles. The summed E-state index contributed by atoms with van der Waals surface area (Å²) in [5.74, 6) is -0.00451. The van der Waals surface area contributed by atoms with Gasteiger partial charge in [0, 0.05) is 31.4 Å². The molecule has 2 atom stereocenters. The molecule has 0 spiro atoms. The van der Waals surface area contributed by atoms with Crippen LogP contribution in [0.25, 0.3) is 0 Å². The van der Waals surface area contributed by atoms with Crippen LogP contribution in [-0.4, -0.2) is 45.6 Å². The fourth-order valence-corrected chi connectivity index (χ4v) is 6.69. The summed E-state index contributed by atoms with van der Waals surface area (Å²) >= 11 is 12.7. The van der Waals surface area contributed by atoms with Crippen molar-refractivity contribution in [2.75, 3.05) is 31.3 Å². The van der Waals surface area contributed by atoms with Gasteiger partial charge in [-0.05, 0) is 66.8 Å². The molecule has 4 rings (SSSR count). The summed E-state index contributed by atoms with van der Waals surface area (Å²) in [6.07, 6.45) is 4.22. The van der Waals surface area contributed by atoms with Gasteiger partial charge in [-0.1, -0.05) is 72.9 Å². The molecule has 39 heavy (non-hydrogen) atoms. The van der Waals surface area contributed by atoms with Gasteiger partial charge in [-0.2, -0.15) is 0 Å². The highest BCUT2D eigenvalue weighted by atomic mass is 35.5. The molecule has 1 aliphatic rings. The molecule has 6 nitrogen and oxygen atoms in total. The first kappa shape index (κ1) is 29.4. The number of sulfonamides is 1. The minimum Gasteiger partial charge on any atom is -0.364 e. The molecular weight excluding hydrogens is 553 g/mol. The number of piperidine rings is 1. The Balaban J connectivity index is 1.72. The molecule has 3 aromatic carbocycles. The van der Waals surface area contributed by atoms with Crippen molar-refractivity contribution in [1.29, 1.82) is 0 Å². The highest BCUT2D eigenvalue weighted by Crippen LogP contribution is 2.45. The standard InChI is InChI=1S/C30H35Cl2N3O3S/c1-4-5-18-34(2)29(36)22-11-14-25(15-12-22)35-19-17-30(33-39(3,37)38,24-9-7-6-8-10-24)21-28(35)23-13-16-26(31)27(32)20-23/h6-16,20,28,33H,4-5,17-19,21H2,1-3H3. The van der Waals surface area contributed by atoms with Gasteiger partial charge in [-0.15, -0.1) is 0 Å². The molecule has 0 aliphatic carbocycles. The predicted molar refractivity (Wildman–Crippen MR) is 160 cm³/mol. The van der Waals surface area contributed by atoms with Crippen LogP contribution in [0.1, 0.15) is 60.1 Å². The summed E-state index contributed by atoms with van der Waals surface area (Å²) in [5.41, 5.74) is 2.62. The third-order valence-corrected chi connectivity index (χ3v) is 8.87. The Hall–Kier alpha value is -2.58. The number of nitrogens with zero attached hydrogens (tertiary/aromatic N) is 2. The Morgan fingerprint density at radius 3 is 2.36 bits per heavy atom. The maximum absolute atomic E-state index is 12.9.